The standard InChI is InChI=1S/C18H17BrF3N3O2S/c19-12-5-7-13(8-6-12)24-17(27)23-10-9-16(26)25-14-3-1-2-4-15(14)28-11-18(20,21)22/h1-8H,9-11H2,(H,25,26)(H2,23,24,27). The number of halogens is 4. The molecule has 2 aromatic rings. The Morgan fingerprint density at radius 3 is 2.36 bits per heavy atom. The maximum absolute atomic E-state index is 12.4. The van der Waals surface area contributed by atoms with E-state index in [9.17, 15) is 22.8 Å². The average Bonchev–Trinajstić information content (AvgIpc) is 2.62. The summed E-state index contributed by atoms with van der Waals surface area (Å²) in [6.45, 7) is 0.0755. The van der Waals surface area contributed by atoms with Gasteiger partial charge in [0.2, 0.25) is 5.91 Å². The van der Waals surface area contributed by atoms with Crippen LogP contribution >= 0.6 is 27.7 Å². The first kappa shape index (κ1) is 22.1. The zero-order valence-corrected chi connectivity index (χ0v) is 16.9. The van der Waals surface area contributed by atoms with E-state index in [4.69, 9.17) is 0 Å². The minimum atomic E-state index is -4.30. The Morgan fingerprint density at radius 1 is 1.00 bits per heavy atom. The van der Waals surface area contributed by atoms with E-state index in [0.29, 0.717) is 28.0 Å². The predicted octanol–water partition coefficient (Wildman–Crippen LogP) is 5.25. The molecule has 2 aromatic carbocycles. The Labute approximate surface area is 172 Å². The van der Waals surface area contributed by atoms with Gasteiger partial charge in [-0.25, -0.2) is 4.79 Å². The fourth-order valence-electron chi connectivity index (χ4n) is 2.07. The number of rotatable bonds is 7. The van der Waals surface area contributed by atoms with Crippen LogP contribution in [0.25, 0.3) is 0 Å². The summed E-state index contributed by atoms with van der Waals surface area (Å²) < 4.78 is 38.1. The highest BCUT2D eigenvalue weighted by atomic mass is 79.9. The molecule has 0 atom stereocenters. The van der Waals surface area contributed by atoms with E-state index in [1.807, 2.05) is 0 Å². The Hall–Kier alpha value is -2.20. The third kappa shape index (κ3) is 8.22. The van der Waals surface area contributed by atoms with Crippen LogP contribution in [0, 0.1) is 0 Å². The number of thioether (sulfide) groups is 1. The molecule has 28 heavy (non-hydrogen) atoms. The molecule has 3 amide bonds. The van der Waals surface area contributed by atoms with E-state index in [0.717, 1.165) is 4.47 Å². The zero-order valence-electron chi connectivity index (χ0n) is 14.5. The largest absolute Gasteiger partial charge is 0.398 e. The summed E-state index contributed by atoms with van der Waals surface area (Å²) in [5.74, 6) is -1.46. The molecular weight excluding hydrogens is 459 g/mol. The molecule has 0 aliphatic heterocycles. The first-order valence-corrected chi connectivity index (χ1v) is 9.89. The van der Waals surface area contributed by atoms with E-state index in [2.05, 4.69) is 31.9 Å². The molecule has 0 radical (unpaired) electrons. The van der Waals surface area contributed by atoms with Crippen molar-refractivity contribution in [3.8, 4) is 0 Å². The Balaban J connectivity index is 1.78. The van der Waals surface area contributed by atoms with Gasteiger partial charge < -0.3 is 16.0 Å². The van der Waals surface area contributed by atoms with E-state index >= 15 is 0 Å². The van der Waals surface area contributed by atoms with Gasteiger partial charge in [0.05, 0.1) is 11.4 Å². The lowest BCUT2D eigenvalue weighted by Gasteiger charge is -2.12. The van der Waals surface area contributed by atoms with Gasteiger partial charge in [-0.05, 0) is 36.4 Å². The normalized spacial score (nSPS) is 11.0. The van der Waals surface area contributed by atoms with Gasteiger partial charge in [-0.15, -0.1) is 11.8 Å². The number of nitrogens with one attached hydrogen (secondary N) is 3. The molecule has 0 unspecified atom stereocenters. The van der Waals surface area contributed by atoms with Crippen LogP contribution < -0.4 is 16.0 Å². The first-order chi connectivity index (χ1) is 13.2. The number of anilines is 2. The lowest BCUT2D eigenvalue weighted by atomic mass is 10.3. The monoisotopic (exact) mass is 475 g/mol. The second kappa shape index (κ2) is 10.4. The molecule has 0 bridgehead atoms. The summed E-state index contributed by atoms with van der Waals surface area (Å²) in [5.41, 5.74) is 0.904. The molecule has 0 heterocycles. The number of amides is 3. The minimum absolute atomic E-state index is 0.0218. The molecule has 0 saturated carbocycles. The van der Waals surface area contributed by atoms with E-state index in [1.165, 1.54) is 12.1 Å². The van der Waals surface area contributed by atoms with Gasteiger partial charge in [0.15, 0.2) is 0 Å². The number of alkyl halides is 3. The average molecular weight is 476 g/mol. The molecule has 0 spiro atoms. The van der Waals surface area contributed by atoms with Gasteiger partial charge in [0, 0.05) is 28.0 Å². The number of hydrogen-bond donors (Lipinski definition) is 3. The molecule has 150 valence electrons. The molecule has 5 nitrogen and oxygen atoms in total. The number of hydrogen-bond acceptors (Lipinski definition) is 3. The van der Waals surface area contributed by atoms with Gasteiger partial charge in [-0.1, -0.05) is 28.1 Å². The summed E-state index contributed by atoms with van der Waals surface area (Å²) in [6.07, 6.45) is -4.32. The molecular formula is C18H17BrF3N3O2S. The van der Waals surface area contributed by atoms with Crippen LogP contribution in [0.2, 0.25) is 0 Å². The number of para-hydroxylation sites is 1. The fourth-order valence-corrected chi connectivity index (χ4v) is 3.10. The molecule has 0 aliphatic rings. The molecule has 3 N–H and O–H groups in total. The summed E-state index contributed by atoms with van der Waals surface area (Å²) in [7, 11) is 0. The summed E-state index contributed by atoms with van der Waals surface area (Å²) in [4.78, 5) is 24.1. The molecule has 10 heteroatoms. The van der Waals surface area contributed by atoms with Crippen molar-refractivity contribution in [1.29, 1.82) is 0 Å². The fraction of sp³-hybridized carbons (Fsp3) is 0.222. The lowest BCUT2D eigenvalue weighted by molar-refractivity contribution is -0.116. The summed E-state index contributed by atoms with van der Waals surface area (Å²) >= 11 is 3.90. The van der Waals surface area contributed by atoms with Crippen LogP contribution in [0.1, 0.15) is 6.42 Å². The second-order valence-electron chi connectivity index (χ2n) is 5.59. The van der Waals surface area contributed by atoms with Gasteiger partial charge in [0.1, 0.15) is 0 Å². The minimum Gasteiger partial charge on any atom is -0.337 e. The molecule has 0 aromatic heterocycles. The SMILES string of the molecule is O=C(CCNC(=O)Nc1ccc(Br)cc1)Nc1ccccc1SCC(F)(F)F. The number of carbonyl (C=O) groups is 2. The van der Waals surface area contributed by atoms with Crippen molar-refractivity contribution in [3.05, 3.63) is 53.0 Å². The Bertz CT molecular complexity index is 816. The summed E-state index contributed by atoms with van der Waals surface area (Å²) in [5, 5.41) is 7.74. The third-order valence-corrected chi connectivity index (χ3v) is 4.96. The highest BCUT2D eigenvalue weighted by molar-refractivity contribution is 9.10. The number of carbonyl (C=O) groups excluding carboxylic acids is 2. The highest BCUT2D eigenvalue weighted by Gasteiger charge is 2.27. The summed E-state index contributed by atoms with van der Waals surface area (Å²) in [6, 6.07) is 12.8. The molecule has 0 saturated heterocycles. The van der Waals surface area contributed by atoms with Gasteiger partial charge in [0.25, 0.3) is 0 Å². The van der Waals surface area contributed by atoms with Crippen LogP contribution in [0.15, 0.2) is 57.9 Å². The predicted molar refractivity (Wildman–Crippen MR) is 108 cm³/mol. The van der Waals surface area contributed by atoms with Crippen LogP contribution in [0.4, 0.5) is 29.3 Å². The zero-order chi connectivity index (χ0) is 20.6. The van der Waals surface area contributed by atoms with Gasteiger partial charge in [-0.3, -0.25) is 4.79 Å². The highest BCUT2D eigenvalue weighted by Crippen LogP contribution is 2.32. The van der Waals surface area contributed by atoms with Crippen LogP contribution in [0.3, 0.4) is 0 Å². The second-order valence-corrected chi connectivity index (χ2v) is 7.52. The van der Waals surface area contributed by atoms with Crippen LogP contribution in [0.5, 0.6) is 0 Å². The lowest BCUT2D eigenvalue weighted by Crippen LogP contribution is -2.31. The molecule has 0 fully saturated rings. The van der Waals surface area contributed by atoms with Crippen LogP contribution in [-0.2, 0) is 4.79 Å². The van der Waals surface area contributed by atoms with E-state index < -0.39 is 23.9 Å². The maximum atomic E-state index is 12.4. The smallest absolute Gasteiger partial charge is 0.337 e. The number of benzene rings is 2. The van der Waals surface area contributed by atoms with Crippen molar-refractivity contribution >= 4 is 51.0 Å². The number of urea groups is 1. The molecule has 2 rings (SSSR count). The van der Waals surface area contributed by atoms with Crippen molar-refractivity contribution in [2.24, 2.45) is 0 Å². The van der Waals surface area contributed by atoms with Gasteiger partial charge >= 0.3 is 12.2 Å². The third-order valence-electron chi connectivity index (χ3n) is 3.29. The topological polar surface area (TPSA) is 70.2 Å². The van der Waals surface area contributed by atoms with E-state index in [1.54, 1.807) is 36.4 Å². The first-order valence-electron chi connectivity index (χ1n) is 8.12. The van der Waals surface area contributed by atoms with Crippen LogP contribution in [-0.4, -0.2) is 30.4 Å². The molecule has 0 aliphatic carbocycles. The van der Waals surface area contributed by atoms with Crippen molar-refractivity contribution in [1.82, 2.24) is 5.32 Å². The van der Waals surface area contributed by atoms with E-state index in [-0.39, 0.29) is 13.0 Å². The Morgan fingerprint density at radius 2 is 1.68 bits per heavy atom. The maximum Gasteiger partial charge on any atom is 0.398 e. The quantitative estimate of drug-likeness (QED) is 0.478. The Kier molecular flexibility index (Phi) is 8.18. The van der Waals surface area contributed by atoms with Crippen molar-refractivity contribution < 1.29 is 22.8 Å². The van der Waals surface area contributed by atoms with Crippen molar-refractivity contribution in [3.63, 3.8) is 0 Å². The van der Waals surface area contributed by atoms with Crippen molar-refractivity contribution in [2.75, 3.05) is 22.9 Å². The van der Waals surface area contributed by atoms with Gasteiger partial charge in [-0.2, -0.15) is 13.2 Å². The van der Waals surface area contributed by atoms with Crippen molar-refractivity contribution in [2.45, 2.75) is 17.5 Å².